The molecule has 1 N–H and O–H groups in total. The van der Waals surface area contributed by atoms with Crippen LogP contribution in [0.5, 0.6) is 5.75 Å². The molecule has 0 atom stereocenters. The Labute approximate surface area is 154 Å². The van der Waals surface area contributed by atoms with E-state index in [2.05, 4.69) is 26.2 Å². The zero-order valence-electron chi connectivity index (χ0n) is 13.8. The van der Waals surface area contributed by atoms with Gasteiger partial charge in [0.05, 0.1) is 16.8 Å². The zero-order chi connectivity index (χ0) is 17.8. The number of nitrogens with zero attached hydrogens (tertiary/aromatic N) is 1. The fourth-order valence-electron chi connectivity index (χ4n) is 2.21. The van der Waals surface area contributed by atoms with E-state index in [4.69, 9.17) is 9.15 Å². The summed E-state index contributed by atoms with van der Waals surface area (Å²) in [6.45, 7) is 3.88. The van der Waals surface area contributed by atoms with Crippen LogP contribution in [-0.2, 0) is 0 Å². The average Bonchev–Trinajstić information content (AvgIpc) is 3.08. The minimum atomic E-state index is -0.368. The van der Waals surface area contributed by atoms with Crippen LogP contribution < -0.4 is 10.1 Å². The zero-order valence-corrected chi connectivity index (χ0v) is 15.4. The van der Waals surface area contributed by atoms with Crippen LogP contribution in [0.1, 0.15) is 24.4 Å². The van der Waals surface area contributed by atoms with Gasteiger partial charge in [-0.25, -0.2) is 4.98 Å². The maximum absolute atomic E-state index is 12.4. The van der Waals surface area contributed by atoms with Crippen molar-refractivity contribution in [1.29, 1.82) is 0 Å². The Morgan fingerprint density at radius 2 is 1.96 bits per heavy atom. The van der Waals surface area contributed by atoms with E-state index in [-0.39, 0.29) is 17.8 Å². The van der Waals surface area contributed by atoms with E-state index in [1.54, 1.807) is 12.1 Å². The van der Waals surface area contributed by atoms with Crippen molar-refractivity contribution in [3.8, 4) is 17.2 Å². The summed E-state index contributed by atoms with van der Waals surface area (Å²) in [5, 5.41) is 2.79. The number of nitrogens with one attached hydrogen (secondary N) is 1. The number of benzene rings is 2. The number of carbonyl (C=O) groups excluding carboxylic acids is 1. The number of rotatable bonds is 5. The van der Waals surface area contributed by atoms with E-state index in [0.29, 0.717) is 17.3 Å². The molecule has 1 aromatic heterocycles. The molecule has 0 fully saturated rings. The Kier molecular flexibility index (Phi) is 5.19. The number of amides is 1. The Bertz CT molecular complexity index is 875. The first-order valence-electron chi connectivity index (χ1n) is 7.82. The van der Waals surface area contributed by atoms with Crippen molar-refractivity contribution < 1.29 is 13.9 Å². The molecular weight excluding hydrogens is 384 g/mol. The van der Waals surface area contributed by atoms with Gasteiger partial charge in [-0.05, 0) is 54.0 Å². The normalized spacial score (nSPS) is 10.7. The summed E-state index contributed by atoms with van der Waals surface area (Å²) in [5.74, 6) is 0.848. The fourth-order valence-corrected chi connectivity index (χ4v) is 2.55. The Hall–Kier alpha value is -2.60. The average molecular weight is 401 g/mol. The number of oxazole rings is 1. The van der Waals surface area contributed by atoms with Crippen LogP contribution in [0.15, 0.2) is 63.6 Å². The molecule has 0 bridgehead atoms. The first-order valence-corrected chi connectivity index (χ1v) is 8.61. The van der Waals surface area contributed by atoms with Crippen molar-refractivity contribution in [3.05, 3.63) is 65.0 Å². The maximum Gasteiger partial charge on any atom is 0.293 e. The summed E-state index contributed by atoms with van der Waals surface area (Å²) in [5.41, 5.74) is 1.43. The third-order valence-corrected chi connectivity index (χ3v) is 3.96. The monoisotopic (exact) mass is 400 g/mol. The van der Waals surface area contributed by atoms with Crippen LogP contribution in [0.3, 0.4) is 0 Å². The molecule has 0 spiro atoms. The van der Waals surface area contributed by atoms with Gasteiger partial charge in [-0.1, -0.05) is 18.2 Å². The molecule has 2 aromatic carbocycles. The van der Waals surface area contributed by atoms with E-state index in [1.165, 1.54) is 6.20 Å². The van der Waals surface area contributed by atoms with Crippen molar-refractivity contribution in [2.75, 3.05) is 5.32 Å². The first-order chi connectivity index (χ1) is 12.0. The molecule has 0 unspecified atom stereocenters. The minimum absolute atomic E-state index is 0.0324. The molecule has 0 aliphatic carbocycles. The van der Waals surface area contributed by atoms with E-state index in [1.807, 2.05) is 50.2 Å². The lowest BCUT2D eigenvalue weighted by molar-refractivity contribution is 0.0997. The lowest BCUT2D eigenvalue weighted by Gasteiger charge is -2.13. The third kappa shape index (κ3) is 4.28. The first kappa shape index (κ1) is 17.2. The predicted molar refractivity (Wildman–Crippen MR) is 99.8 cm³/mol. The fraction of sp³-hybridized carbons (Fsp3) is 0.158. The van der Waals surface area contributed by atoms with Gasteiger partial charge in [0.2, 0.25) is 11.7 Å². The van der Waals surface area contributed by atoms with Crippen LogP contribution >= 0.6 is 15.9 Å². The molecule has 5 nitrogen and oxygen atoms in total. The quantitative estimate of drug-likeness (QED) is 0.643. The van der Waals surface area contributed by atoms with Crippen molar-refractivity contribution in [1.82, 2.24) is 4.98 Å². The van der Waals surface area contributed by atoms with Crippen LogP contribution in [0.4, 0.5) is 5.69 Å². The number of hydrogen-bond acceptors (Lipinski definition) is 4. The summed E-state index contributed by atoms with van der Waals surface area (Å²) in [4.78, 5) is 16.5. The smallest absolute Gasteiger partial charge is 0.293 e. The molecule has 1 amide bonds. The molecule has 1 heterocycles. The van der Waals surface area contributed by atoms with Gasteiger partial charge in [0, 0.05) is 17.3 Å². The Balaban J connectivity index is 1.76. The summed E-state index contributed by atoms with van der Waals surface area (Å²) in [6, 6.07) is 14.8. The number of hydrogen-bond donors (Lipinski definition) is 1. The topological polar surface area (TPSA) is 64.4 Å². The van der Waals surface area contributed by atoms with Crippen LogP contribution in [0.25, 0.3) is 11.5 Å². The molecule has 6 heteroatoms. The number of carbonyl (C=O) groups is 1. The van der Waals surface area contributed by atoms with E-state index in [9.17, 15) is 4.79 Å². The second-order valence-electron chi connectivity index (χ2n) is 5.66. The van der Waals surface area contributed by atoms with Gasteiger partial charge in [0.25, 0.3) is 5.91 Å². The van der Waals surface area contributed by atoms with Crippen LogP contribution in [0.2, 0.25) is 0 Å². The SMILES string of the molecule is CC(C)Oc1cc(NC(=O)c2cnc(-c3ccccc3)o2)ccc1Br. The minimum Gasteiger partial charge on any atom is -0.490 e. The van der Waals surface area contributed by atoms with Gasteiger partial charge in [-0.2, -0.15) is 0 Å². The van der Waals surface area contributed by atoms with Crippen LogP contribution in [-0.4, -0.2) is 17.0 Å². The van der Waals surface area contributed by atoms with Crippen molar-refractivity contribution >= 4 is 27.5 Å². The van der Waals surface area contributed by atoms with Gasteiger partial charge in [-0.3, -0.25) is 4.79 Å². The summed E-state index contributed by atoms with van der Waals surface area (Å²) < 4.78 is 12.1. The van der Waals surface area contributed by atoms with Gasteiger partial charge in [0.15, 0.2) is 0 Å². The van der Waals surface area contributed by atoms with Crippen LogP contribution in [0, 0.1) is 0 Å². The standard InChI is InChI=1S/C19H17BrN2O3/c1-12(2)24-16-10-14(8-9-15(16)20)22-18(23)17-11-21-19(25-17)13-6-4-3-5-7-13/h3-12H,1-2H3,(H,22,23). The molecule has 0 saturated carbocycles. The second-order valence-corrected chi connectivity index (χ2v) is 6.52. The molecule has 128 valence electrons. The highest BCUT2D eigenvalue weighted by Gasteiger charge is 2.15. The maximum atomic E-state index is 12.4. The lowest BCUT2D eigenvalue weighted by Crippen LogP contribution is -2.11. The third-order valence-electron chi connectivity index (χ3n) is 3.30. The number of anilines is 1. The van der Waals surface area contributed by atoms with Gasteiger partial charge in [0.1, 0.15) is 5.75 Å². The van der Waals surface area contributed by atoms with E-state index < -0.39 is 0 Å². The molecule has 3 rings (SSSR count). The molecular formula is C19H17BrN2O3. The summed E-state index contributed by atoms with van der Waals surface area (Å²) >= 11 is 3.43. The van der Waals surface area contributed by atoms with E-state index in [0.717, 1.165) is 10.0 Å². The largest absolute Gasteiger partial charge is 0.490 e. The number of ether oxygens (including phenoxy) is 1. The van der Waals surface area contributed by atoms with Gasteiger partial charge in [-0.15, -0.1) is 0 Å². The summed E-state index contributed by atoms with van der Waals surface area (Å²) in [7, 11) is 0. The lowest BCUT2D eigenvalue weighted by atomic mass is 10.2. The molecule has 3 aromatic rings. The molecule has 0 aliphatic heterocycles. The van der Waals surface area contributed by atoms with Crippen molar-refractivity contribution in [2.45, 2.75) is 20.0 Å². The van der Waals surface area contributed by atoms with E-state index >= 15 is 0 Å². The Morgan fingerprint density at radius 1 is 1.20 bits per heavy atom. The predicted octanol–water partition coefficient (Wildman–Crippen LogP) is 5.14. The highest BCUT2D eigenvalue weighted by atomic mass is 79.9. The number of halogens is 1. The molecule has 25 heavy (non-hydrogen) atoms. The molecule has 0 saturated heterocycles. The second kappa shape index (κ2) is 7.53. The van der Waals surface area contributed by atoms with Gasteiger partial charge < -0.3 is 14.5 Å². The Morgan fingerprint density at radius 3 is 2.68 bits per heavy atom. The molecule has 0 radical (unpaired) electrons. The van der Waals surface area contributed by atoms with Gasteiger partial charge >= 0.3 is 0 Å². The highest BCUT2D eigenvalue weighted by molar-refractivity contribution is 9.10. The summed E-state index contributed by atoms with van der Waals surface area (Å²) in [6.07, 6.45) is 1.45. The molecule has 0 aliphatic rings. The van der Waals surface area contributed by atoms with Crippen molar-refractivity contribution in [2.24, 2.45) is 0 Å². The highest BCUT2D eigenvalue weighted by Crippen LogP contribution is 2.29. The van der Waals surface area contributed by atoms with Crippen molar-refractivity contribution in [3.63, 3.8) is 0 Å². The number of aromatic nitrogens is 1.